The summed E-state index contributed by atoms with van der Waals surface area (Å²) in [6.45, 7) is 0. The fourth-order valence-electron chi connectivity index (χ4n) is 1.57. The molecule has 0 saturated heterocycles. The van der Waals surface area contributed by atoms with Crippen LogP contribution in [0.15, 0.2) is 47.4 Å². The van der Waals surface area contributed by atoms with Crippen molar-refractivity contribution in [2.24, 2.45) is 0 Å². The van der Waals surface area contributed by atoms with Gasteiger partial charge in [-0.05, 0) is 17.9 Å². The molecule has 0 atom stereocenters. The molecule has 0 aliphatic heterocycles. The Bertz CT molecular complexity index is 495. The molecule has 0 spiro atoms. The van der Waals surface area contributed by atoms with E-state index in [9.17, 15) is 10.2 Å². The first-order chi connectivity index (χ1) is 7.72. The Balaban J connectivity index is 2.57. The van der Waals surface area contributed by atoms with Crippen LogP contribution in [0.2, 0.25) is 0 Å². The lowest BCUT2D eigenvalue weighted by atomic mass is 10.0. The molecule has 2 aromatic carbocycles. The van der Waals surface area contributed by atoms with Crippen LogP contribution in [0, 0.1) is 0 Å². The van der Waals surface area contributed by atoms with E-state index >= 15 is 0 Å². The summed E-state index contributed by atoms with van der Waals surface area (Å²) in [7, 11) is 0. The topological polar surface area (TPSA) is 40.5 Å². The van der Waals surface area contributed by atoms with Crippen molar-refractivity contribution >= 4 is 11.8 Å². The highest BCUT2D eigenvalue weighted by molar-refractivity contribution is 7.98. The Morgan fingerprint density at radius 3 is 2.25 bits per heavy atom. The minimum atomic E-state index is 0.0986. The molecule has 0 aromatic heterocycles. The largest absolute Gasteiger partial charge is 0.507 e. The van der Waals surface area contributed by atoms with E-state index in [-0.39, 0.29) is 11.5 Å². The molecule has 0 unspecified atom stereocenters. The molecule has 0 aliphatic carbocycles. The van der Waals surface area contributed by atoms with Gasteiger partial charge in [0.1, 0.15) is 11.5 Å². The van der Waals surface area contributed by atoms with Crippen molar-refractivity contribution in [2.75, 3.05) is 6.26 Å². The van der Waals surface area contributed by atoms with Gasteiger partial charge in [0, 0.05) is 16.5 Å². The van der Waals surface area contributed by atoms with Gasteiger partial charge < -0.3 is 10.2 Å². The minimum absolute atomic E-state index is 0.0986. The standard InChI is InChI=1S/C13H12O2S/c1-16-13-7-10(11(14)8-12(13)15)9-5-3-2-4-6-9/h2-8,14-15H,1H3. The third-order valence-electron chi connectivity index (χ3n) is 2.38. The molecular weight excluding hydrogens is 220 g/mol. The Hall–Kier alpha value is -1.61. The van der Waals surface area contributed by atoms with Crippen molar-refractivity contribution < 1.29 is 10.2 Å². The molecule has 2 N–H and O–H groups in total. The second kappa shape index (κ2) is 4.49. The summed E-state index contributed by atoms with van der Waals surface area (Å²) in [5, 5.41) is 19.4. The van der Waals surface area contributed by atoms with Crippen molar-refractivity contribution in [1.82, 2.24) is 0 Å². The van der Waals surface area contributed by atoms with E-state index in [0.717, 1.165) is 16.0 Å². The predicted molar refractivity (Wildman–Crippen MR) is 67.0 cm³/mol. The van der Waals surface area contributed by atoms with Crippen LogP contribution < -0.4 is 0 Å². The number of thioether (sulfide) groups is 1. The minimum Gasteiger partial charge on any atom is -0.507 e. The summed E-state index contributed by atoms with van der Waals surface area (Å²) in [4.78, 5) is 0.761. The first-order valence-corrected chi connectivity index (χ1v) is 6.10. The SMILES string of the molecule is CSc1cc(-c2ccccc2)c(O)cc1O. The molecule has 82 valence electrons. The molecule has 2 rings (SSSR count). The lowest BCUT2D eigenvalue weighted by molar-refractivity contribution is 0.443. The maximum absolute atomic E-state index is 9.80. The highest BCUT2D eigenvalue weighted by Gasteiger charge is 2.09. The fraction of sp³-hybridized carbons (Fsp3) is 0.0769. The van der Waals surface area contributed by atoms with Gasteiger partial charge >= 0.3 is 0 Å². The van der Waals surface area contributed by atoms with Gasteiger partial charge in [-0.3, -0.25) is 0 Å². The van der Waals surface area contributed by atoms with E-state index in [1.54, 1.807) is 6.07 Å². The summed E-state index contributed by atoms with van der Waals surface area (Å²) >= 11 is 1.45. The zero-order valence-corrected chi connectivity index (χ0v) is 9.66. The van der Waals surface area contributed by atoms with Gasteiger partial charge in [-0.2, -0.15) is 0 Å². The molecule has 0 amide bonds. The van der Waals surface area contributed by atoms with Crippen molar-refractivity contribution in [2.45, 2.75) is 4.90 Å². The smallest absolute Gasteiger partial charge is 0.132 e. The van der Waals surface area contributed by atoms with Crippen molar-refractivity contribution in [3.8, 4) is 22.6 Å². The van der Waals surface area contributed by atoms with Crippen LogP contribution in [-0.2, 0) is 0 Å². The molecule has 0 aliphatic rings. The number of hydrogen-bond acceptors (Lipinski definition) is 3. The molecule has 0 radical (unpaired) electrons. The van der Waals surface area contributed by atoms with Gasteiger partial charge in [-0.15, -0.1) is 11.8 Å². The van der Waals surface area contributed by atoms with Gasteiger partial charge in [0.05, 0.1) is 0 Å². The molecule has 2 nitrogen and oxygen atoms in total. The third kappa shape index (κ3) is 1.99. The van der Waals surface area contributed by atoms with Gasteiger partial charge in [0.25, 0.3) is 0 Å². The average molecular weight is 232 g/mol. The highest BCUT2D eigenvalue weighted by atomic mass is 32.2. The van der Waals surface area contributed by atoms with Gasteiger partial charge in [-0.25, -0.2) is 0 Å². The molecule has 0 heterocycles. The number of phenols is 2. The quantitative estimate of drug-likeness (QED) is 0.779. The molecule has 2 aromatic rings. The van der Waals surface area contributed by atoms with Crippen LogP contribution in [0.4, 0.5) is 0 Å². The van der Waals surface area contributed by atoms with Crippen LogP contribution in [-0.4, -0.2) is 16.5 Å². The fourth-order valence-corrected chi connectivity index (χ4v) is 2.07. The Kier molecular flexibility index (Phi) is 3.06. The number of benzene rings is 2. The number of hydrogen-bond donors (Lipinski definition) is 2. The first kappa shape index (κ1) is 10.9. The van der Waals surface area contributed by atoms with E-state index in [4.69, 9.17) is 0 Å². The van der Waals surface area contributed by atoms with Crippen molar-refractivity contribution in [1.29, 1.82) is 0 Å². The average Bonchev–Trinajstić information content (AvgIpc) is 2.30. The molecule has 0 fully saturated rings. The van der Waals surface area contributed by atoms with Crippen LogP contribution in [0.25, 0.3) is 11.1 Å². The molecule has 0 bridgehead atoms. The second-order valence-corrected chi connectivity index (χ2v) is 4.26. The zero-order chi connectivity index (χ0) is 11.5. The summed E-state index contributed by atoms with van der Waals surface area (Å²) in [5.74, 6) is 0.214. The predicted octanol–water partition coefficient (Wildman–Crippen LogP) is 3.49. The maximum Gasteiger partial charge on any atom is 0.132 e. The maximum atomic E-state index is 9.80. The van der Waals surface area contributed by atoms with Crippen LogP contribution in [0.1, 0.15) is 0 Å². The van der Waals surface area contributed by atoms with Gasteiger partial charge in [0.2, 0.25) is 0 Å². The molecule has 0 saturated carbocycles. The monoisotopic (exact) mass is 232 g/mol. The van der Waals surface area contributed by atoms with E-state index in [1.807, 2.05) is 36.6 Å². The third-order valence-corrected chi connectivity index (χ3v) is 3.15. The van der Waals surface area contributed by atoms with Crippen molar-refractivity contribution in [3.05, 3.63) is 42.5 Å². The lowest BCUT2D eigenvalue weighted by Crippen LogP contribution is -1.81. The van der Waals surface area contributed by atoms with Gasteiger partial charge in [0.15, 0.2) is 0 Å². The summed E-state index contributed by atoms with van der Waals surface area (Å²) in [6.07, 6.45) is 1.89. The zero-order valence-electron chi connectivity index (χ0n) is 8.84. The van der Waals surface area contributed by atoms with E-state index in [0.29, 0.717) is 0 Å². The highest BCUT2D eigenvalue weighted by Crippen LogP contribution is 2.38. The Morgan fingerprint density at radius 2 is 1.62 bits per heavy atom. The van der Waals surface area contributed by atoms with Crippen LogP contribution >= 0.6 is 11.8 Å². The van der Waals surface area contributed by atoms with Crippen molar-refractivity contribution in [3.63, 3.8) is 0 Å². The first-order valence-electron chi connectivity index (χ1n) is 4.87. The molecule has 3 heteroatoms. The molecular formula is C13H12O2S. The normalized spacial score (nSPS) is 10.3. The summed E-state index contributed by atoms with van der Waals surface area (Å²) in [5.41, 5.74) is 1.68. The Labute approximate surface area is 98.6 Å². The van der Waals surface area contributed by atoms with Crippen LogP contribution in [0.3, 0.4) is 0 Å². The van der Waals surface area contributed by atoms with Crippen LogP contribution in [0.5, 0.6) is 11.5 Å². The van der Waals surface area contributed by atoms with E-state index in [2.05, 4.69) is 0 Å². The Morgan fingerprint density at radius 1 is 0.938 bits per heavy atom. The molecule has 16 heavy (non-hydrogen) atoms. The van der Waals surface area contributed by atoms with E-state index < -0.39 is 0 Å². The van der Waals surface area contributed by atoms with Gasteiger partial charge in [-0.1, -0.05) is 30.3 Å². The van der Waals surface area contributed by atoms with E-state index in [1.165, 1.54) is 17.8 Å². The number of aromatic hydroxyl groups is 2. The number of phenolic OH excluding ortho intramolecular Hbond substituents is 2. The lowest BCUT2D eigenvalue weighted by Gasteiger charge is -2.08. The second-order valence-electron chi connectivity index (χ2n) is 3.41. The number of rotatable bonds is 2. The summed E-state index contributed by atoms with van der Waals surface area (Å²) in [6, 6.07) is 12.8. The summed E-state index contributed by atoms with van der Waals surface area (Å²) < 4.78 is 0.